The minimum absolute atomic E-state index is 0.210. The van der Waals surface area contributed by atoms with Crippen LogP contribution >= 0.6 is 0 Å². The molecule has 0 N–H and O–H groups in total. The Morgan fingerprint density at radius 1 is 0.765 bits per heavy atom. The van der Waals surface area contributed by atoms with Gasteiger partial charge in [0.2, 0.25) is 0 Å². The number of benzene rings is 3. The lowest BCUT2D eigenvalue weighted by molar-refractivity contribution is -0.140. The third-order valence-corrected chi connectivity index (χ3v) is 5.72. The van der Waals surface area contributed by atoms with Gasteiger partial charge in [-0.05, 0) is 73.5 Å². The van der Waals surface area contributed by atoms with Crippen molar-refractivity contribution in [2.24, 2.45) is 5.92 Å². The maximum absolute atomic E-state index is 13.9. The lowest BCUT2D eigenvalue weighted by atomic mass is 9.96. The van der Waals surface area contributed by atoms with Crippen LogP contribution in [0.4, 0.5) is 13.2 Å². The maximum atomic E-state index is 13.9. The Balaban J connectivity index is 1.32. The van der Waals surface area contributed by atoms with E-state index in [-0.39, 0.29) is 30.2 Å². The molecule has 0 bridgehead atoms. The fourth-order valence-electron chi connectivity index (χ4n) is 3.79. The van der Waals surface area contributed by atoms with E-state index in [4.69, 9.17) is 4.74 Å². The number of halogens is 3. The number of piperidine rings is 1. The molecule has 0 aromatic heterocycles. The number of amides is 1. The molecule has 0 spiro atoms. The molecule has 1 fully saturated rings. The lowest BCUT2D eigenvalue weighted by Gasteiger charge is -2.31. The van der Waals surface area contributed by atoms with E-state index < -0.39 is 35.2 Å². The first-order chi connectivity index (χ1) is 16.3. The van der Waals surface area contributed by atoms with E-state index >= 15 is 0 Å². The van der Waals surface area contributed by atoms with Gasteiger partial charge in [-0.15, -0.1) is 0 Å². The van der Waals surface area contributed by atoms with E-state index in [9.17, 15) is 27.6 Å². The zero-order valence-electron chi connectivity index (χ0n) is 18.0. The van der Waals surface area contributed by atoms with Crippen LogP contribution in [0, 0.1) is 23.4 Å². The van der Waals surface area contributed by atoms with Gasteiger partial charge < -0.3 is 9.64 Å². The van der Waals surface area contributed by atoms with E-state index in [1.807, 2.05) is 0 Å². The predicted molar refractivity (Wildman–Crippen MR) is 117 cm³/mol. The first-order valence-electron chi connectivity index (χ1n) is 10.7. The zero-order valence-corrected chi connectivity index (χ0v) is 18.0. The summed E-state index contributed by atoms with van der Waals surface area (Å²) in [6, 6.07) is 14.1. The van der Waals surface area contributed by atoms with Crippen molar-refractivity contribution in [3.63, 3.8) is 0 Å². The van der Waals surface area contributed by atoms with Gasteiger partial charge in [0.15, 0.2) is 5.78 Å². The summed E-state index contributed by atoms with van der Waals surface area (Å²) in [5.41, 5.74) is 0.497. The van der Waals surface area contributed by atoms with Crippen LogP contribution in [0.3, 0.4) is 0 Å². The van der Waals surface area contributed by atoms with E-state index in [1.165, 1.54) is 53.4 Å². The molecule has 0 saturated carbocycles. The SMILES string of the molecule is O=C(c1ccc(F)cc1)c1ccc(OC(=O)C2CCN(C(=O)c3ccc(F)cc3F)CC2)cc1. The summed E-state index contributed by atoms with van der Waals surface area (Å²) in [6.45, 7) is 0.473. The standard InChI is InChI=1S/C26H20F3NO4/c27-19-5-1-16(2-6-19)24(31)17-3-8-21(9-4-17)34-26(33)18-11-13-30(14-12-18)25(32)22-10-7-20(28)15-23(22)29/h1-10,15,18H,11-14H2. The maximum Gasteiger partial charge on any atom is 0.314 e. The van der Waals surface area contributed by atoms with Gasteiger partial charge in [-0.1, -0.05) is 0 Å². The van der Waals surface area contributed by atoms with E-state index in [0.29, 0.717) is 30.0 Å². The molecule has 4 rings (SSSR count). The van der Waals surface area contributed by atoms with Crippen molar-refractivity contribution < 1.29 is 32.3 Å². The van der Waals surface area contributed by atoms with Gasteiger partial charge in [-0.25, -0.2) is 13.2 Å². The van der Waals surface area contributed by atoms with Crippen molar-refractivity contribution in [1.29, 1.82) is 0 Å². The number of ether oxygens (including phenoxy) is 1. The van der Waals surface area contributed by atoms with Crippen LogP contribution in [0.2, 0.25) is 0 Å². The van der Waals surface area contributed by atoms with Gasteiger partial charge >= 0.3 is 5.97 Å². The number of likely N-dealkylation sites (tertiary alicyclic amines) is 1. The number of carbonyl (C=O) groups excluding carboxylic acids is 3. The highest BCUT2D eigenvalue weighted by Crippen LogP contribution is 2.23. The molecule has 0 aliphatic carbocycles. The topological polar surface area (TPSA) is 63.7 Å². The molecule has 1 heterocycles. The first-order valence-corrected chi connectivity index (χ1v) is 10.7. The highest BCUT2D eigenvalue weighted by atomic mass is 19.1. The largest absolute Gasteiger partial charge is 0.426 e. The molecule has 1 saturated heterocycles. The molecule has 0 radical (unpaired) electrons. The van der Waals surface area contributed by atoms with Crippen molar-refractivity contribution >= 4 is 17.7 Å². The molecule has 8 heteroatoms. The molecule has 0 atom stereocenters. The fraction of sp³-hybridized carbons (Fsp3) is 0.192. The Bertz CT molecular complexity index is 1220. The molecule has 174 valence electrons. The van der Waals surface area contributed by atoms with E-state index in [0.717, 1.165) is 12.1 Å². The molecule has 1 aliphatic rings. The first kappa shape index (κ1) is 23.2. The summed E-state index contributed by atoms with van der Waals surface area (Å²) in [5.74, 6) is -3.58. The number of esters is 1. The molecule has 0 unspecified atom stereocenters. The molecule has 1 aliphatic heterocycles. The lowest BCUT2D eigenvalue weighted by Crippen LogP contribution is -2.41. The number of hydrogen-bond donors (Lipinski definition) is 0. The molecule has 34 heavy (non-hydrogen) atoms. The van der Waals surface area contributed by atoms with Gasteiger partial charge in [0, 0.05) is 30.3 Å². The van der Waals surface area contributed by atoms with E-state index in [2.05, 4.69) is 0 Å². The van der Waals surface area contributed by atoms with Crippen molar-refractivity contribution in [1.82, 2.24) is 4.90 Å². The summed E-state index contributed by atoms with van der Waals surface area (Å²) >= 11 is 0. The molecule has 3 aromatic rings. The predicted octanol–water partition coefficient (Wildman–Crippen LogP) is 4.79. The summed E-state index contributed by atoms with van der Waals surface area (Å²) in [5, 5.41) is 0. The Morgan fingerprint density at radius 3 is 1.91 bits per heavy atom. The van der Waals surface area contributed by atoms with E-state index in [1.54, 1.807) is 0 Å². The third-order valence-electron chi connectivity index (χ3n) is 5.72. The van der Waals surface area contributed by atoms with Crippen molar-refractivity contribution in [2.45, 2.75) is 12.8 Å². The monoisotopic (exact) mass is 467 g/mol. The second-order valence-corrected chi connectivity index (χ2v) is 7.97. The highest BCUT2D eigenvalue weighted by molar-refractivity contribution is 6.09. The smallest absolute Gasteiger partial charge is 0.314 e. The van der Waals surface area contributed by atoms with Crippen LogP contribution in [0.5, 0.6) is 5.75 Å². The Labute approximate surface area is 193 Å². The van der Waals surface area contributed by atoms with Crippen LogP contribution in [0.1, 0.15) is 39.1 Å². The van der Waals surface area contributed by atoms with Gasteiger partial charge in [-0.2, -0.15) is 0 Å². The van der Waals surface area contributed by atoms with Crippen molar-refractivity contribution in [2.75, 3.05) is 13.1 Å². The zero-order chi connectivity index (χ0) is 24.2. The summed E-state index contributed by atoms with van der Waals surface area (Å²) in [6.07, 6.45) is 0.684. The second kappa shape index (κ2) is 9.91. The van der Waals surface area contributed by atoms with Crippen LogP contribution in [0.25, 0.3) is 0 Å². The second-order valence-electron chi connectivity index (χ2n) is 7.97. The highest BCUT2D eigenvalue weighted by Gasteiger charge is 2.30. The van der Waals surface area contributed by atoms with Crippen LogP contribution in [-0.4, -0.2) is 35.6 Å². The fourth-order valence-corrected chi connectivity index (χ4v) is 3.79. The van der Waals surface area contributed by atoms with Crippen LogP contribution in [0.15, 0.2) is 66.7 Å². The molecule has 3 aromatic carbocycles. The average molecular weight is 467 g/mol. The quantitative estimate of drug-likeness (QED) is 0.308. The minimum Gasteiger partial charge on any atom is -0.426 e. The van der Waals surface area contributed by atoms with Gasteiger partial charge in [-0.3, -0.25) is 14.4 Å². The third kappa shape index (κ3) is 5.17. The number of nitrogens with zero attached hydrogens (tertiary/aromatic N) is 1. The van der Waals surface area contributed by atoms with Crippen molar-refractivity contribution in [3.8, 4) is 5.75 Å². The molecule has 1 amide bonds. The van der Waals surface area contributed by atoms with Gasteiger partial charge in [0.25, 0.3) is 5.91 Å². The molecule has 5 nitrogen and oxygen atoms in total. The van der Waals surface area contributed by atoms with Gasteiger partial charge in [0.05, 0.1) is 11.5 Å². The average Bonchev–Trinajstić information content (AvgIpc) is 2.84. The van der Waals surface area contributed by atoms with Gasteiger partial charge in [0.1, 0.15) is 23.2 Å². The number of rotatable bonds is 5. The Hall–Kier alpha value is -3.94. The molecular formula is C26H20F3NO4. The summed E-state index contributed by atoms with van der Waals surface area (Å²) in [4.78, 5) is 38.9. The number of ketones is 1. The van der Waals surface area contributed by atoms with Crippen molar-refractivity contribution in [3.05, 3.63) is 101 Å². The van der Waals surface area contributed by atoms with Crippen LogP contribution in [-0.2, 0) is 4.79 Å². The number of hydrogen-bond acceptors (Lipinski definition) is 4. The summed E-state index contributed by atoms with van der Waals surface area (Å²) < 4.78 is 45.4. The number of carbonyl (C=O) groups is 3. The summed E-state index contributed by atoms with van der Waals surface area (Å²) in [7, 11) is 0. The Kier molecular flexibility index (Phi) is 6.77. The Morgan fingerprint density at radius 2 is 1.32 bits per heavy atom. The minimum atomic E-state index is -0.923. The molecular weight excluding hydrogens is 447 g/mol. The normalized spacial score (nSPS) is 14.0. The van der Waals surface area contributed by atoms with Crippen LogP contribution < -0.4 is 4.74 Å².